The van der Waals surface area contributed by atoms with Gasteiger partial charge in [0.2, 0.25) is 0 Å². The van der Waals surface area contributed by atoms with Crippen molar-refractivity contribution in [2.45, 2.75) is 35.8 Å². The van der Waals surface area contributed by atoms with Crippen LogP contribution in [0, 0.1) is 0 Å². The first-order chi connectivity index (χ1) is 7.07. The van der Waals surface area contributed by atoms with Gasteiger partial charge in [-0.05, 0) is 36.9 Å². The minimum Gasteiger partial charge on any atom is -0.310 e. The minimum absolute atomic E-state index is 0. The zero-order valence-corrected chi connectivity index (χ0v) is 11.7. The van der Waals surface area contributed by atoms with Crippen molar-refractivity contribution >= 4 is 33.6 Å². The monoisotopic (exact) mass is 281 g/mol. The summed E-state index contributed by atoms with van der Waals surface area (Å²) in [4.78, 5) is 0. The second-order valence-corrected chi connectivity index (χ2v) is 7.34. The van der Waals surface area contributed by atoms with Gasteiger partial charge in [-0.15, -0.1) is 23.7 Å². The molecule has 1 N–H and O–H groups in total. The highest BCUT2D eigenvalue weighted by Crippen LogP contribution is 2.39. The molecule has 2 atom stereocenters. The van der Waals surface area contributed by atoms with Gasteiger partial charge in [-0.3, -0.25) is 0 Å². The number of fused-ring (bicyclic) bond motifs is 1. The molecule has 1 aromatic rings. The maximum Gasteiger partial charge on any atom is 0.190 e. The number of hydrogen-bond acceptors (Lipinski definition) is 4. The molecule has 0 aliphatic carbocycles. The van der Waals surface area contributed by atoms with Gasteiger partial charge < -0.3 is 5.32 Å². The van der Waals surface area contributed by atoms with Crippen LogP contribution in [-0.2, 0) is 9.84 Å². The molecule has 2 heterocycles. The lowest BCUT2D eigenvalue weighted by atomic mass is 10.1. The molecule has 6 heteroatoms. The number of thiophene rings is 1. The molecule has 0 unspecified atom stereocenters. The number of nitrogens with one attached hydrogen (secondary N) is 1. The Labute approximate surface area is 107 Å². The molecule has 0 bridgehead atoms. The molecule has 0 amide bonds. The topological polar surface area (TPSA) is 46.2 Å². The van der Waals surface area contributed by atoms with E-state index in [-0.39, 0.29) is 23.7 Å². The predicted octanol–water partition coefficient (Wildman–Crippen LogP) is 2.39. The summed E-state index contributed by atoms with van der Waals surface area (Å²) in [7, 11) is -3.05. The van der Waals surface area contributed by atoms with Gasteiger partial charge in [0, 0.05) is 6.04 Å². The van der Waals surface area contributed by atoms with Crippen molar-refractivity contribution in [3.8, 4) is 0 Å². The minimum atomic E-state index is -3.05. The Hall–Kier alpha value is -0.100. The van der Waals surface area contributed by atoms with Crippen molar-refractivity contribution in [3.05, 3.63) is 17.0 Å². The average molecular weight is 282 g/mol. The summed E-state index contributed by atoms with van der Waals surface area (Å²) in [6, 6.07) is 2.13. The molecule has 92 valence electrons. The van der Waals surface area contributed by atoms with Crippen LogP contribution in [0.3, 0.4) is 0 Å². The summed E-state index contributed by atoms with van der Waals surface area (Å²) in [5.74, 6) is 0. The molecule has 1 aliphatic rings. The second-order valence-electron chi connectivity index (χ2n) is 3.86. The van der Waals surface area contributed by atoms with E-state index in [2.05, 4.69) is 5.32 Å². The first-order valence-corrected chi connectivity index (χ1v) is 7.54. The van der Waals surface area contributed by atoms with Crippen molar-refractivity contribution in [2.24, 2.45) is 0 Å². The van der Waals surface area contributed by atoms with E-state index >= 15 is 0 Å². The first-order valence-electron chi connectivity index (χ1n) is 5.12. The van der Waals surface area contributed by atoms with Gasteiger partial charge in [0.05, 0.1) is 5.25 Å². The predicted molar refractivity (Wildman–Crippen MR) is 69.2 cm³/mol. The van der Waals surface area contributed by atoms with Crippen LogP contribution in [-0.4, -0.2) is 20.2 Å². The Morgan fingerprint density at radius 1 is 1.56 bits per heavy atom. The standard InChI is InChI=1S/C10H15NO2S2.ClH/c1-3-11-9-6-7(2)15(12,13)10-8(9)4-5-14-10;/h4-5,7,9,11H,3,6H2,1-2H3;1H/t7-,9-;/m0./s1. The van der Waals surface area contributed by atoms with Gasteiger partial charge in [0.15, 0.2) is 9.84 Å². The van der Waals surface area contributed by atoms with E-state index in [0.29, 0.717) is 10.6 Å². The van der Waals surface area contributed by atoms with Gasteiger partial charge >= 0.3 is 0 Å². The Morgan fingerprint density at radius 3 is 2.88 bits per heavy atom. The summed E-state index contributed by atoms with van der Waals surface area (Å²) >= 11 is 1.34. The Balaban J connectivity index is 0.00000128. The molecule has 0 radical (unpaired) electrons. The third-order valence-electron chi connectivity index (χ3n) is 2.84. The summed E-state index contributed by atoms with van der Waals surface area (Å²) in [5.41, 5.74) is 0.958. The fraction of sp³-hybridized carbons (Fsp3) is 0.600. The summed E-state index contributed by atoms with van der Waals surface area (Å²) in [6.07, 6.45) is 0.680. The van der Waals surface area contributed by atoms with E-state index in [1.54, 1.807) is 6.92 Å². The lowest BCUT2D eigenvalue weighted by molar-refractivity contribution is 0.478. The van der Waals surface area contributed by atoms with Gasteiger partial charge in [-0.25, -0.2) is 8.42 Å². The number of sulfone groups is 1. The van der Waals surface area contributed by atoms with Crippen molar-refractivity contribution in [1.29, 1.82) is 0 Å². The van der Waals surface area contributed by atoms with Crippen LogP contribution in [0.5, 0.6) is 0 Å². The molecule has 0 aromatic carbocycles. The Bertz CT molecular complexity index is 455. The van der Waals surface area contributed by atoms with Crippen LogP contribution < -0.4 is 5.32 Å². The zero-order valence-electron chi connectivity index (χ0n) is 9.26. The van der Waals surface area contributed by atoms with E-state index in [0.717, 1.165) is 12.1 Å². The van der Waals surface area contributed by atoms with Crippen LogP contribution >= 0.6 is 23.7 Å². The van der Waals surface area contributed by atoms with Gasteiger partial charge in [-0.2, -0.15) is 0 Å². The van der Waals surface area contributed by atoms with Crippen molar-refractivity contribution in [1.82, 2.24) is 5.32 Å². The molecule has 3 nitrogen and oxygen atoms in total. The first kappa shape index (κ1) is 14.0. The van der Waals surface area contributed by atoms with Crippen LogP contribution in [0.15, 0.2) is 15.7 Å². The zero-order chi connectivity index (χ0) is 11.1. The fourth-order valence-corrected chi connectivity index (χ4v) is 5.23. The summed E-state index contributed by atoms with van der Waals surface area (Å²) in [5, 5.41) is 4.93. The third-order valence-corrected chi connectivity index (χ3v) is 6.55. The molecule has 2 rings (SSSR count). The lowest BCUT2D eigenvalue weighted by Gasteiger charge is -2.27. The quantitative estimate of drug-likeness (QED) is 0.905. The summed E-state index contributed by atoms with van der Waals surface area (Å²) in [6.45, 7) is 4.70. The molecule has 0 saturated carbocycles. The Kier molecular flexibility index (Phi) is 4.40. The van der Waals surface area contributed by atoms with Crippen LogP contribution in [0.4, 0.5) is 0 Å². The highest BCUT2D eigenvalue weighted by molar-refractivity contribution is 7.94. The molecule has 16 heavy (non-hydrogen) atoms. The van der Waals surface area contributed by atoms with Gasteiger partial charge in [-0.1, -0.05) is 6.92 Å². The molecule has 1 aromatic heterocycles. The maximum absolute atomic E-state index is 12.0. The largest absolute Gasteiger partial charge is 0.310 e. The third kappa shape index (κ3) is 2.14. The van der Waals surface area contributed by atoms with E-state index in [1.165, 1.54) is 11.3 Å². The number of rotatable bonds is 2. The lowest BCUT2D eigenvalue weighted by Crippen LogP contribution is -2.33. The average Bonchev–Trinajstić information content (AvgIpc) is 2.64. The van der Waals surface area contributed by atoms with Gasteiger partial charge in [0.1, 0.15) is 4.21 Å². The fourth-order valence-electron chi connectivity index (χ4n) is 2.00. The summed E-state index contributed by atoms with van der Waals surface area (Å²) < 4.78 is 24.6. The van der Waals surface area contributed by atoms with Gasteiger partial charge in [0.25, 0.3) is 0 Å². The molecular formula is C10H16ClNO2S2. The van der Waals surface area contributed by atoms with E-state index in [9.17, 15) is 8.42 Å². The molecule has 1 aliphatic heterocycles. The van der Waals surface area contributed by atoms with Crippen LogP contribution in [0.2, 0.25) is 0 Å². The molecule has 0 fully saturated rings. The second kappa shape index (κ2) is 5.04. The van der Waals surface area contributed by atoms with E-state index in [1.807, 2.05) is 18.4 Å². The SMILES string of the molecule is CCN[C@H]1C[C@H](C)S(=O)(=O)c2sccc21.Cl. The maximum atomic E-state index is 12.0. The smallest absolute Gasteiger partial charge is 0.190 e. The van der Waals surface area contributed by atoms with Crippen molar-refractivity contribution in [3.63, 3.8) is 0 Å². The molecule has 0 saturated heterocycles. The molecule has 0 spiro atoms. The highest BCUT2D eigenvalue weighted by Gasteiger charge is 2.36. The van der Waals surface area contributed by atoms with Crippen LogP contribution in [0.25, 0.3) is 0 Å². The Morgan fingerprint density at radius 2 is 2.25 bits per heavy atom. The normalized spacial score (nSPS) is 26.9. The van der Waals surface area contributed by atoms with E-state index < -0.39 is 9.84 Å². The van der Waals surface area contributed by atoms with E-state index in [4.69, 9.17) is 0 Å². The highest BCUT2D eigenvalue weighted by atomic mass is 35.5. The van der Waals surface area contributed by atoms with Crippen LogP contribution in [0.1, 0.15) is 31.9 Å². The molecular weight excluding hydrogens is 266 g/mol. The number of halogens is 1. The number of hydrogen-bond donors (Lipinski definition) is 1. The van der Waals surface area contributed by atoms with Crippen molar-refractivity contribution < 1.29 is 8.42 Å². The van der Waals surface area contributed by atoms with Crippen molar-refractivity contribution in [2.75, 3.05) is 6.54 Å².